The summed E-state index contributed by atoms with van der Waals surface area (Å²) in [6.45, 7) is 4.24. The van der Waals surface area contributed by atoms with Gasteiger partial charge in [-0.3, -0.25) is 4.98 Å². The third-order valence-corrected chi connectivity index (χ3v) is 7.68. The van der Waals surface area contributed by atoms with Crippen LogP contribution in [0.5, 0.6) is 0 Å². The van der Waals surface area contributed by atoms with E-state index in [1.54, 1.807) is 0 Å². The summed E-state index contributed by atoms with van der Waals surface area (Å²) in [5.41, 5.74) is 9.52. The minimum atomic E-state index is 1.00. The molecule has 1 aromatic heterocycles. The number of fused-ring (bicyclic) bond motifs is 3. The van der Waals surface area contributed by atoms with Crippen LogP contribution < -0.4 is 0 Å². The Bertz CT molecular complexity index is 1940. The predicted molar refractivity (Wildman–Crippen MR) is 163 cm³/mol. The summed E-state index contributed by atoms with van der Waals surface area (Å²) in [4.78, 5) is 4.79. The van der Waals surface area contributed by atoms with Crippen LogP contribution in [0.2, 0.25) is 0 Å². The van der Waals surface area contributed by atoms with Crippen LogP contribution in [-0.4, -0.2) is 4.98 Å². The van der Waals surface area contributed by atoms with E-state index in [0.29, 0.717) is 0 Å². The summed E-state index contributed by atoms with van der Waals surface area (Å²) < 4.78 is 0. The normalized spacial score (nSPS) is 11.4. The summed E-state index contributed by atoms with van der Waals surface area (Å²) in [6, 6.07) is 46.1. The molecule has 0 unspecified atom stereocenters. The van der Waals surface area contributed by atoms with Gasteiger partial charge in [0.2, 0.25) is 0 Å². The van der Waals surface area contributed by atoms with Crippen molar-refractivity contribution >= 4 is 32.3 Å². The SMILES string of the molecule is Cc1cccc(-c2cccc(-c3c4ccccc4c(-c4cccc5c(C)cccc45)c4ccccc34)c2)n1. The van der Waals surface area contributed by atoms with Crippen LogP contribution in [0.3, 0.4) is 0 Å². The Morgan fingerprint density at radius 2 is 0.974 bits per heavy atom. The molecule has 0 aliphatic rings. The highest BCUT2D eigenvalue weighted by Gasteiger charge is 2.18. The van der Waals surface area contributed by atoms with E-state index >= 15 is 0 Å². The molecule has 7 rings (SSSR count). The smallest absolute Gasteiger partial charge is 0.0705 e. The maximum Gasteiger partial charge on any atom is 0.0705 e. The van der Waals surface area contributed by atoms with Crippen molar-refractivity contribution in [1.29, 1.82) is 0 Å². The molecule has 0 aliphatic carbocycles. The second kappa shape index (κ2) is 8.97. The lowest BCUT2D eigenvalue weighted by Crippen LogP contribution is -1.92. The Balaban J connectivity index is 1.58. The van der Waals surface area contributed by atoms with Crippen LogP contribution in [0.15, 0.2) is 127 Å². The van der Waals surface area contributed by atoms with Gasteiger partial charge in [0.25, 0.3) is 0 Å². The zero-order chi connectivity index (χ0) is 25.6. The van der Waals surface area contributed by atoms with Crippen molar-refractivity contribution in [2.45, 2.75) is 13.8 Å². The van der Waals surface area contributed by atoms with Crippen molar-refractivity contribution in [3.05, 3.63) is 139 Å². The van der Waals surface area contributed by atoms with Crippen LogP contribution >= 0.6 is 0 Å². The number of hydrogen-bond acceptors (Lipinski definition) is 1. The molecular weight excluding hydrogens is 458 g/mol. The van der Waals surface area contributed by atoms with Gasteiger partial charge in [-0.25, -0.2) is 0 Å². The van der Waals surface area contributed by atoms with Crippen molar-refractivity contribution in [2.24, 2.45) is 0 Å². The highest BCUT2D eigenvalue weighted by molar-refractivity contribution is 6.23. The highest BCUT2D eigenvalue weighted by atomic mass is 14.7. The monoisotopic (exact) mass is 485 g/mol. The van der Waals surface area contributed by atoms with Crippen molar-refractivity contribution in [3.8, 4) is 33.5 Å². The van der Waals surface area contributed by atoms with E-state index in [9.17, 15) is 0 Å². The van der Waals surface area contributed by atoms with Gasteiger partial charge in [-0.05, 0) is 92.2 Å². The average Bonchev–Trinajstić information content (AvgIpc) is 2.96. The number of aryl methyl sites for hydroxylation is 2. The molecule has 0 saturated heterocycles. The summed E-state index contributed by atoms with van der Waals surface area (Å²) in [6.07, 6.45) is 0. The average molecular weight is 486 g/mol. The van der Waals surface area contributed by atoms with Crippen LogP contribution in [0.1, 0.15) is 11.3 Å². The molecule has 38 heavy (non-hydrogen) atoms. The number of rotatable bonds is 3. The second-order valence-electron chi connectivity index (χ2n) is 10.1. The van der Waals surface area contributed by atoms with Crippen molar-refractivity contribution in [1.82, 2.24) is 4.98 Å². The third kappa shape index (κ3) is 3.59. The van der Waals surface area contributed by atoms with E-state index in [1.807, 2.05) is 13.0 Å². The van der Waals surface area contributed by atoms with Crippen molar-refractivity contribution in [3.63, 3.8) is 0 Å². The number of benzene rings is 6. The predicted octanol–water partition coefficient (Wildman–Crippen LogP) is 10.2. The molecule has 0 atom stereocenters. The van der Waals surface area contributed by atoms with Gasteiger partial charge in [0.05, 0.1) is 5.69 Å². The maximum atomic E-state index is 4.79. The minimum Gasteiger partial charge on any atom is -0.253 e. The molecule has 1 heteroatoms. The van der Waals surface area contributed by atoms with E-state index in [2.05, 4.69) is 128 Å². The highest BCUT2D eigenvalue weighted by Crippen LogP contribution is 2.45. The van der Waals surface area contributed by atoms with Gasteiger partial charge in [-0.1, -0.05) is 109 Å². The molecule has 0 aliphatic heterocycles. The largest absolute Gasteiger partial charge is 0.253 e. The standard InChI is InChI=1S/C37H27N/c1-24-11-7-20-29-28(24)19-10-21-30(29)37-33-17-5-3-15-31(33)36(32-16-4-6-18-34(32)37)27-14-9-13-26(23-27)35-22-8-12-25(2)38-35/h3-23H,1-2H3. The molecule has 0 spiro atoms. The Morgan fingerprint density at radius 3 is 1.68 bits per heavy atom. The molecule has 0 saturated carbocycles. The lowest BCUT2D eigenvalue weighted by Gasteiger charge is -2.19. The fourth-order valence-corrected chi connectivity index (χ4v) is 5.95. The van der Waals surface area contributed by atoms with E-state index in [1.165, 1.54) is 60.1 Å². The van der Waals surface area contributed by atoms with Gasteiger partial charge in [0.15, 0.2) is 0 Å². The maximum absolute atomic E-state index is 4.79. The summed E-state index contributed by atoms with van der Waals surface area (Å²) in [7, 11) is 0. The van der Waals surface area contributed by atoms with Gasteiger partial charge < -0.3 is 0 Å². The molecule has 0 fully saturated rings. The van der Waals surface area contributed by atoms with E-state index in [0.717, 1.165) is 17.0 Å². The lowest BCUT2D eigenvalue weighted by atomic mass is 9.84. The Morgan fingerprint density at radius 1 is 0.421 bits per heavy atom. The Hall–Kier alpha value is -4.75. The molecule has 6 aromatic carbocycles. The minimum absolute atomic E-state index is 1.00. The van der Waals surface area contributed by atoms with Gasteiger partial charge in [0.1, 0.15) is 0 Å². The summed E-state index contributed by atoms with van der Waals surface area (Å²) in [5.74, 6) is 0. The fourth-order valence-electron chi connectivity index (χ4n) is 5.95. The first-order valence-electron chi connectivity index (χ1n) is 13.2. The molecule has 180 valence electrons. The van der Waals surface area contributed by atoms with E-state index in [-0.39, 0.29) is 0 Å². The van der Waals surface area contributed by atoms with Crippen molar-refractivity contribution < 1.29 is 0 Å². The first-order valence-corrected chi connectivity index (χ1v) is 13.2. The van der Waals surface area contributed by atoms with Crippen LogP contribution in [0, 0.1) is 13.8 Å². The zero-order valence-corrected chi connectivity index (χ0v) is 21.6. The molecule has 7 aromatic rings. The van der Waals surface area contributed by atoms with E-state index in [4.69, 9.17) is 4.98 Å². The van der Waals surface area contributed by atoms with Gasteiger partial charge in [-0.15, -0.1) is 0 Å². The third-order valence-electron chi connectivity index (χ3n) is 7.68. The molecule has 1 heterocycles. The first kappa shape index (κ1) is 22.4. The molecule has 0 amide bonds. The zero-order valence-electron chi connectivity index (χ0n) is 21.6. The summed E-state index contributed by atoms with van der Waals surface area (Å²) >= 11 is 0. The van der Waals surface area contributed by atoms with Gasteiger partial charge in [0, 0.05) is 11.3 Å². The molecule has 0 radical (unpaired) electrons. The number of nitrogens with zero attached hydrogens (tertiary/aromatic N) is 1. The first-order chi connectivity index (χ1) is 18.7. The van der Waals surface area contributed by atoms with Crippen molar-refractivity contribution in [2.75, 3.05) is 0 Å². The quantitative estimate of drug-likeness (QED) is 0.227. The molecule has 1 nitrogen and oxygen atoms in total. The lowest BCUT2D eigenvalue weighted by molar-refractivity contribution is 1.21. The topological polar surface area (TPSA) is 12.9 Å². The Labute approximate surface area is 223 Å². The molecule has 0 N–H and O–H groups in total. The molecule has 0 bridgehead atoms. The van der Waals surface area contributed by atoms with Gasteiger partial charge in [-0.2, -0.15) is 0 Å². The molecular formula is C37H27N. The summed E-state index contributed by atoms with van der Waals surface area (Å²) in [5, 5.41) is 7.67. The second-order valence-corrected chi connectivity index (χ2v) is 10.1. The van der Waals surface area contributed by atoms with E-state index < -0.39 is 0 Å². The van der Waals surface area contributed by atoms with Crippen LogP contribution in [0.25, 0.3) is 65.8 Å². The number of hydrogen-bond donors (Lipinski definition) is 0. The van der Waals surface area contributed by atoms with Gasteiger partial charge >= 0.3 is 0 Å². The number of pyridine rings is 1. The number of aromatic nitrogens is 1. The fraction of sp³-hybridized carbons (Fsp3) is 0.0541. The van der Waals surface area contributed by atoms with Crippen LogP contribution in [-0.2, 0) is 0 Å². The Kier molecular flexibility index (Phi) is 5.30. The van der Waals surface area contributed by atoms with Crippen LogP contribution in [0.4, 0.5) is 0 Å².